The number of ether oxygens (including phenoxy) is 1. The van der Waals surface area contributed by atoms with Crippen LogP contribution in [0.5, 0.6) is 0 Å². The lowest BCUT2D eigenvalue weighted by molar-refractivity contribution is 0.190. The maximum atomic E-state index is 13.5. The van der Waals surface area contributed by atoms with Crippen molar-refractivity contribution in [3.63, 3.8) is 0 Å². The predicted octanol–water partition coefficient (Wildman–Crippen LogP) is 3.01. The molecule has 1 atom stereocenters. The van der Waals surface area contributed by atoms with Gasteiger partial charge in [-0.15, -0.1) is 0 Å². The SMILES string of the molecule is COCCCC(N)c1ccc(Br)cc1F. The van der Waals surface area contributed by atoms with E-state index in [4.69, 9.17) is 10.5 Å². The maximum absolute atomic E-state index is 13.5. The van der Waals surface area contributed by atoms with E-state index in [0.717, 1.165) is 17.3 Å². The summed E-state index contributed by atoms with van der Waals surface area (Å²) in [5.74, 6) is -0.255. The van der Waals surface area contributed by atoms with Crippen LogP contribution in [0.4, 0.5) is 4.39 Å². The van der Waals surface area contributed by atoms with Gasteiger partial charge in [0.05, 0.1) is 0 Å². The van der Waals surface area contributed by atoms with Crippen LogP contribution in [0.2, 0.25) is 0 Å². The molecule has 84 valence electrons. The van der Waals surface area contributed by atoms with Crippen molar-refractivity contribution in [2.75, 3.05) is 13.7 Å². The van der Waals surface area contributed by atoms with Crippen LogP contribution in [0.25, 0.3) is 0 Å². The summed E-state index contributed by atoms with van der Waals surface area (Å²) in [6, 6.07) is 4.70. The molecule has 0 aromatic heterocycles. The number of nitrogens with two attached hydrogens (primary N) is 1. The average molecular weight is 276 g/mol. The summed E-state index contributed by atoms with van der Waals surface area (Å²) in [5.41, 5.74) is 6.44. The van der Waals surface area contributed by atoms with Gasteiger partial charge in [0, 0.05) is 29.8 Å². The van der Waals surface area contributed by atoms with Crippen molar-refractivity contribution in [2.24, 2.45) is 5.73 Å². The zero-order valence-corrected chi connectivity index (χ0v) is 10.3. The molecular weight excluding hydrogens is 261 g/mol. The van der Waals surface area contributed by atoms with Crippen LogP contribution in [0.15, 0.2) is 22.7 Å². The van der Waals surface area contributed by atoms with E-state index in [9.17, 15) is 4.39 Å². The molecule has 4 heteroatoms. The fourth-order valence-electron chi connectivity index (χ4n) is 1.41. The van der Waals surface area contributed by atoms with Crippen LogP contribution in [0.3, 0.4) is 0 Å². The number of methoxy groups -OCH3 is 1. The first kappa shape index (κ1) is 12.6. The molecular formula is C11H15BrFNO. The quantitative estimate of drug-likeness (QED) is 0.839. The van der Waals surface area contributed by atoms with E-state index in [1.165, 1.54) is 6.07 Å². The molecule has 0 radical (unpaired) electrons. The molecule has 2 N–H and O–H groups in total. The molecule has 0 aliphatic carbocycles. The monoisotopic (exact) mass is 275 g/mol. The zero-order chi connectivity index (χ0) is 11.3. The fraction of sp³-hybridized carbons (Fsp3) is 0.455. The van der Waals surface area contributed by atoms with E-state index in [0.29, 0.717) is 12.2 Å². The number of benzene rings is 1. The van der Waals surface area contributed by atoms with E-state index in [1.54, 1.807) is 19.2 Å². The van der Waals surface area contributed by atoms with Gasteiger partial charge in [0.1, 0.15) is 5.82 Å². The van der Waals surface area contributed by atoms with Crippen molar-refractivity contribution < 1.29 is 9.13 Å². The minimum Gasteiger partial charge on any atom is -0.385 e. The van der Waals surface area contributed by atoms with Gasteiger partial charge in [0.2, 0.25) is 0 Å². The first-order valence-corrected chi connectivity index (χ1v) is 5.64. The van der Waals surface area contributed by atoms with Crippen LogP contribution in [0, 0.1) is 5.82 Å². The highest BCUT2D eigenvalue weighted by Gasteiger charge is 2.11. The van der Waals surface area contributed by atoms with Gasteiger partial charge in [0.25, 0.3) is 0 Å². The molecule has 0 saturated heterocycles. The van der Waals surface area contributed by atoms with Crippen LogP contribution < -0.4 is 5.73 Å². The number of hydrogen-bond donors (Lipinski definition) is 1. The van der Waals surface area contributed by atoms with Crippen molar-refractivity contribution in [1.29, 1.82) is 0 Å². The third-order valence-corrected chi connectivity index (χ3v) is 2.72. The van der Waals surface area contributed by atoms with Crippen molar-refractivity contribution >= 4 is 15.9 Å². The van der Waals surface area contributed by atoms with Gasteiger partial charge in [-0.3, -0.25) is 0 Å². The van der Waals surface area contributed by atoms with Gasteiger partial charge in [-0.2, -0.15) is 0 Å². The lowest BCUT2D eigenvalue weighted by atomic mass is 10.0. The molecule has 0 bridgehead atoms. The average Bonchev–Trinajstić information content (AvgIpc) is 2.17. The molecule has 1 aromatic rings. The minimum absolute atomic E-state index is 0.255. The summed E-state index contributed by atoms with van der Waals surface area (Å²) < 4.78 is 19.1. The Balaban J connectivity index is 2.61. The van der Waals surface area contributed by atoms with Gasteiger partial charge in [0.15, 0.2) is 0 Å². The Hall–Kier alpha value is -0.450. The van der Waals surface area contributed by atoms with Crippen molar-refractivity contribution in [3.8, 4) is 0 Å². The van der Waals surface area contributed by atoms with E-state index in [1.807, 2.05) is 0 Å². The van der Waals surface area contributed by atoms with Crippen molar-refractivity contribution in [3.05, 3.63) is 34.1 Å². The minimum atomic E-state index is -0.256. The molecule has 1 aromatic carbocycles. The van der Waals surface area contributed by atoms with Crippen molar-refractivity contribution in [1.82, 2.24) is 0 Å². The smallest absolute Gasteiger partial charge is 0.129 e. The van der Waals surface area contributed by atoms with E-state index < -0.39 is 0 Å². The van der Waals surface area contributed by atoms with E-state index in [2.05, 4.69) is 15.9 Å². The van der Waals surface area contributed by atoms with Gasteiger partial charge in [-0.1, -0.05) is 22.0 Å². The number of rotatable bonds is 5. The lowest BCUT2D eigenvalue weighted by Crippen LogP contribution is -2.12. The Kier molecular flexibility index (Phi) is 5.22. The van der Waals surface area contributed by atoms with Gasteiger partial charge in [-0.25, -0.2) is 4.39 Å². The van der Waals surface area contributed by atoms with Gasteiger partial charge in [-0.05, 0) is 25.0 Å². The lowest BCUT2D eigenvalue weighted by Gasteiger charge is -2.12. The van der Waals surface area contributed by atoms with E-state index in [-0.39, 0.29) is 11.9 Å². The van der Waals surface area contributed by atoms with Crippen molar-refractivity contribution in [2.45, 2.75) is 18.9 Å². The normalized spacial score (nSPS) is 12.8. The Morgan fingerprint density at radius 2 is 2.27 bits per heavy atom. The van der Waals surface area contributed by atoms with E-state index >= 15 is 0 Å². The van der Waals surface area contributed by atoms with Gasteiger partial charge >= 0.3 is 0 Å². The predicted molar refractivity (Wildman–Crippen MR) is 62.1 cm³/mol. The molecule has 2 nitrogen and oxygen atoms in total. The number of hydrogen-bond acceptors (Lipinski definition) is 2. The molecule has 1 unspecified atom stereocenters. The maximum Gasteiger partial charge on any atom is 0.129 e. The molecule has 0 spiro atoms. The molecule has 0 heterocycles. The first-order chi connectivity index (χ1) is 7.15. The molecule has 15 heavy (non-hydrogen) atoms. The summed E-state index contributed by atoms with van der Waals surface area (Å²) in [6.07, 6.45) is 1.57. The highest BCUT2D eigenvalue weighted by atomic mass is 79.9. The fourth-order valence-corrected chi connectivity index (χ4v) is 1.74. The Morgan fingerprint density at radius 1 is 1.53 bits per heavy atom. The summed E-state index contributed by atoms with van der Waals surface area (Å²) in [7, 11) is 1.64. The summed E-state index contributed by atoms with van der Waals surface area (Å²) in [5, 5.41) is 0. The molecule has 0 fully saturated rings. The second kappa shape index (κ2) is 6.20. The molecule has 0 aliphatic heterocycles. The Labute approximate surface area is 97.7 Å². The second-order valence-corrected chi connectivity index (χ2v) is 4.32. The summed E-state index contributed by atoms with van der Waals surface area (Å²) in [4.78, 5) is 0. The Bertz CT molecular complexity index is 319. The van der Waals surface area contributed by atoms with Crippen LogP contribution in [-0.4, -0.2) is 13.7 Å². The highest BCUT2D eigenvalue weighted by molar-refractivity contribution is 9.10. The molecule has 0 amide bonds. The van der Waals surface area contributed by atoms with Crippen LogP contribution in [0.1, 0.15) is 24.4 Å². The topological polar surface area (TPSA) is 35.2 Å². The third-order valence-electron chi connectivity index (χ3n) is 2.23. The summed E-state index contributed by atoms with van der Waals surface area (Å²) in [6.45, 7) is 0.659. The van der Waals surface area contributed by atoms with Gasteiger partial charge < -0.3 is 10.5 Å². The molecule has 0 aliphatic rings. The number of halogens is 2. The standard InChI is InChI=1S/C11H15BrFNO/c1-15-6-2-3-11(14)9-5-4-8(12)7-10(9)13/h4-5,7,11H,2-3,6,14H2,1H3. The highest BCUT2D eigenvalue weighted by Crippen LogP contribution is 2.22. The summed E-state index contributed by atoms with van der Waals surface area (Å²) >= 11 is 3.21. The zero-order valence-electron chi connectivity index (χ0n) is 8.67. The largest absolute Gasteiger partial charge is 0.385 e. The van der Waals surface area contributed by atoms with Crippen LogP contribution >= 0.6 is 15.9 Å². The Morgan fingerprint density at radius 3 is 2.87 bits per heavy atom. The third kappa shape index (κ3) is 3.89. The molecule has 1 rings (SSSR count). The van der Waals surface area contributed by atoms with Crippen LogP contribution in [-0.2, 0) is 4.74 Å². The first-order valence-electron chi connectivity index (χ1n) is 4.84. The second-order valence-electron chi connectivity index (χ2n) is 3.41. The molecule has 0 saturated carbocycles.